The molecule has 0 bridgehead atoms. The molecule has 1 aromatic heterocycles. The van der Waals surface area contributed by atoms with E-state index in [1.54, 1.807) is 74.5 Å². The fourth-order valence-corrected chi connectivity index (χ4v) is 15.3. The Balaban J connectivity index is 1.34. The van der Waals surface area contributed by atoms with Crippen LogP contribution in [0.4, 0.5) is 0 Å². The molecule has 0 unspecified atom stereocenters. The average molecular weight is 1880 g/mol. The lowest BCUT2D eigenvalue weighted by Crippen LogP contribution is -2.62. The van der Waals surface area contributed by atoms with Gasteiger partial charge in [0.2, 0.25) is 88.6 Å². The minimum atomic E-state index is -1.78. The van der Waals surface area contributed by atoms with Gasteiger partial charge in [-0.1, -0.05) is 80.9 Å². The quantitative estimate of drug-likeness (QED) is 0.0108. The number of aromatic nitrogens is 2. The van der Waals surface area contributed by atoms with Gasteiger partial charge in [-0.3, -0.25) is 77.3 Å². The van der Waals surface area contributed by atoms with Crippen molar-refractivity contribution in [3.05, 3.63) is 90.0 Å². The number of imidazole rings is 1. The summed E-state index contributed by atoms with van der Waals surface area (Å²) in [5.74, 6) is -15.6. The first kappa shape index (κ1) is 110. The van der Waals surface area contributed by atoms with Crippen LogP contribution in [0, 0.1) is 11.3 Å². The molecule has 131 heavy (non-hydrogen) atoms. The summed E-state index contributed by atoms with van der Waals surface area (Å²) in [6.45, 7) is 3.91. The molecule has 2 aliphatic rings. The molecule has 3 aromatic rings. The number of carboxylic acids is 1. The minimum Gasteiger partial charge on any atom is -0.480 e. The maximum atomic E-state index is 15.2. The zero-order chi connectivity index (χ0) is 96.7. The summed E-state index contributed by atoms with van der Waals surface area (Å²) in [6, 6.07) is -3.56. The Morgan fingerprint density at radius 2 is 0.878 bits per heavy atom. The van der Waals surface area contributed by atoms with E-state index in [4.69, 9.17) is 39.8 Å². The highest BCUT2D eigenvalue weighted by molar-refractivity contribution is 7.80. The molecule has 2 aliphatic heterocycles. The van der Waals surface area contributed by atoms with E-state index in [1.807, 2.05) is 0 Å². The molecule has 2 aromatic carbocycles. The van der Waals surface area contributed by atoms with Gasteiger partial charge in [0.25, 0.3) is 0 Å². The minimum absolute atomic E-state index is 0.0146. The normalized spacial score (nSPS) is 17.0. The molecule has 728 valence electrons. The largest absolute Gasteiger partial charge is 0.480 e. The van der Waals surface area contributed by atoms with Crippen LogP contribution < -0.4 is 109 Å². The van der Waals surface area contributed by atoms with Gasteiger partial charge in [-0.25, -0.2) is 9.78 Å². The second-order valence-electron chi connectivity index (χ2n) is 32.6. The number of nitrogens with two attached hydrogens (primary N) is 6. The fourth-order valence-electron chi connectivity index (χ4n) is 14.8. The number of benzene rings is 2. The summed E-state index contributed by atoms with van der Waals surface area (Å²) in [5.41, 5.74) is 36.2. The number of hydrogen-bond acceptors (Lipinski definition) is 27. The molecule has 2 fully saturated rings. The van der Waals surface area contributed by atoms with E-state index in [0.29, 0.717) is 68.3 Å². The highest BCUT2D eigenvalue weighted by Gasteiger charge is 2.44. The Morgan fingerprint density at radius 1 is 0.481 bits per heavy atom. The van der Waals surface area contributed by atoms with Crippen molar-refractivity contribution in [2.24, 2.45) is 40.3 Å². The zero-order valence-corrected chi connectivity index (χ0v) is 76.4. The van der Waals surface area contributed by atoms with E-state index < -0.39 is 216 Å². The third kappa shape index (κ3) is 37.6. The van der Waals surface area contributed by atoms with E-state index in [9.17, 15) is 77.6 Å². The molecule has 3 heterocycles. The third-order valence-corrected chi connectivity index (χ3v) is 23.2. The number of H-pyrrole nitrogens is 1. The third-order valence-electron chi connectivity index (χ3n) is 22.5. The number of carboxylic acid groups (broad SMARTS) is 1. The van der Waals surface area contributed by atoms with Gasteiger partial charge in [0.15, 0.2) is 5.96 Å². The summed E-state index contributed by atoms with van der Waals surface area (Å²) in [7, 11) is 0. The highest BCUT2D eigenvalue weighted by Crippen LogP contribution is 2.24. The van der Waals surface area contributed by atoms with Gasteiger partial charge in [0, 0.05) is 56.6 Å². The number of aliphatic hydroxyl groups is 2. The van der Waals surface area contributed by atoms with E-state index in [-0.39, 0.29) is 147 Å². The summed E-state index contributed by atoms with van der Waals surface area (Å²) < 4.78 is 0. The first-order valence-corrected chi connectivity index (χ1v) is 45.9. The second-order valence-corrected chi connectivity index (χ2v) is 33.3. The fraction of sp³-hybridized carbons (Fsp3) is 0.624. The second kappa shape index (κ2) is 59.3. The van der Waals surface area contributed by atoms with Crippen LogP contribution in [0.2, 0.25) is 0 Å². The van der Waals surface area contributed by atoms with Crippen LogP contribution in [0.3, 0.4) is 0 Å². The molecule has 46 heteroatoms. The molecule has 15 amide bonds. The van der Waals surface area contributed by atoms with Gasteiger partial charge >= 0.3 is 5.97 Å². The Bertz CT molecular complexity index is 4190. The smallest absolute Gasteiger partial charge is 0.326 e. The number of carbonyl (C=O) groups is 16. The number of hydrogen-bond donors (Lipinski definition) is 27. The van der Waals surface area contributed by atoms with E-state index in [0.717, 1.165) is 0 Å². The number of nitrogens with zero attached hydrogens (tertiary/aromatic N) is 3. The van der Waals surface area contributed by atoms with Crippen molar-refractivity contribution in [1.29, 1.82) is 5.41 Å². The van der Waals surface area contributed by atoms with Crippen molar-refractivity contribution in [1.82, 2.24) is 94.2 Å². The molecule has 0 saturated carbocycles. The van der Waals surface area contributed by atoms with Crippen molar-refractivity contribution in [2.75, 3.05) is 70.5 Å². The molecule has 0 spiro atoms. The number of rotatable bonds is 61. The SMILES string of the molecule is CC[C@H](C)[C@H](NC(=O)[C@H](CS)NC(=O)[C@@H]1CCCN1C(=O)[C@H](Cc1ccccc1)NC(=O)[C@H](Cc1c[nH]cn1)NC(=O)[C@@H](N)[C@@H](C)O)C(=O)N[C@@H](CCCCN)C(=O)N[C@@H](Cc1ccccc1)C(=O)N[C@@H](CCCCN)C(=O)N1CCC[C@H]1C(=O)N[C@@H](CCCNC(=N)N)C(=O)N[C@@H](CO)C(=O)N[C@@H](CCCCN)C(=O)NCC(=O)N[C@@H](CS)C(=O)N[C@@H](CCCCN)C(=O)O. The molecule has 2 saturated heterocycles. The first-order valence-electron chi connectivity index (χ1n) is 44.6. The number of aromatic amines is 1. The first-order chi connectivity index (χ1) is 62.7. The van der Waals surface area contributed by atoms with Gasteiger partial charge in [-0.15, -0.1) is 0 Å². The lowest BCUT2D eigenvalue weighted by atomic mass is 9.97. The molecule has 0 radical (unpaired) electrons. The van der Waals surface area contributed by atoms with Crippen LogP contribution in [0.5, 0.6) is 0 Å². The van der Waals surface area contributed by atoms with Crippen LogP contribution in [-0.2, 0) is 96.0 Å². The lowest BCUT2D eigenvalue weighted by molar-refractivity contribution is -0.143. The molecule has 5 rings (SSSR count). The zero-order valence-electron chi connectivity index (χ0n) is 74.7. The van der Waals surface area contributed by atoms with E-state index >= 15 is 14.4 Å². The lowest BCUT2D eigenvalue weighted by Gasteiger charge is -2.32. The topological polar surface area (TPSA) is 717 Å². The Morgan fingerprint density at radius 3 is 1.37 bits per heavy atom. The molecule has 31 N–H and O–H groups in total. The van der Waals surface area contributed by atoms with Crippen LogP contribution in [0.1, 0.15) is 160 Å². The molecule has 0 aliphatic carbocycles. The summed E-state index contributed by atoms with van der Waals surface area (Å²) in [4.78, 5) is 236. The Hall–Kier alpha value is -11.1. The van der Waals surface area contributed by atoms with Gasteiger partial charge in [-0.05, 0) is 166 Å². The molecular weight excluding hydrogens is 1740 g/mol. The maximum absolute atomic E-state index is 15.2. The van der Waals surface area contributed by atoms with Gasteiger partial charge in [0.1, 0.15) is 90.6 Å². The van der Waals surface area contributed by atoms with Crippen LogP contribution in [-0.4, -0.2) is 303 Å². The van der Waals surface area contributed by atoms with Gasteiger partial charge in [0.05, 0.1) is 31.3 Å². The predicted octanol–water partition coefficient (Wildman–Crippen LogP) is -6.18. The molecule has 17 atom stereocenters. The number of likely N-dealkylation sites (tertiary alicyclic amines) is 2. The number of aliphatic hydroxyl groups excluding tert-OH is 2. The Labute approximate surface area is 773 Å². The summed E-state index contributed by atoms with van der Waals surface area (Å²) in [5, 5.41) is 74.7. The van der Waals surface area contributed by atoms with Crippen LogP contribution in [0.15, 0.2) is 73.2 Å². The standard InChI is InChI=1S/C85H137N25O19S2/c1-4-49(2)69(108-77(121)64(47-131)107-79(123)66-32-21-39-110(66)83(127)61(41-52-24-9-6-10-25-52)105-74(118)60(42-53-43-93-48-96-53)104-80(124)68(90)50(3)112)81(125)100-55(27-12-16-34-87)71(115)103-59(40-51-22-7-5-8-23-51)73(117)101-57(28-13-17-35-88)82(126)109-38-20-31-65(109)78(122)99-56(30-19-37-94-85(91)92)72(116)106-62(45-111)75(119)98-54(26-11-15-33-86)70(114)95-44-67(113)97-63(46-130)76(120)102-58(84(128)129)29-14-18-36-89/h5-10,22-25,43,48-50,54-66,68-69,111-112,130-131H,4,11-21,26-42,44-47,86-90H2,1-3H3,(H,93,96)(H,95,114)(H,97,113)(H,98,119)(H,99,122)(H,100,125)(H,101,117)(H,102,120)(H,103,115)(H,104,124)(H,105,118)(H,106,116)(H,107,123)(H,108,121)(H,128,129)(H4,91,92,94)/t49-,50+,54-,55-,56-,57-,58-,59-,60-,61-,62-,63-,64-,65-,66-,68-,69-/m0/s1. The Kier molecular flexibility index (Phi) is 50.0. The van der Waals surface area contributed by atoms with Crippen molar-refractivity contribution in [3.8, 4) is 0 Å². The van der Waals surface area contributed by atoms with Gasteiger partial charge in [-0.2, -0.15) is 25.3 Å². The number of carbonyl (C=O) groups excluding carboxylic acids is 15. The molecular formula is C85H137N25O19S2. The average Bonchev–Trinajstić information content (AvgIpc) is 1.73. The highest BCUT2D eigenvalue weighted by atomic mass is 32.1. The van der Waals surface area contributed by atoms with Crippen LogP contribution in [0.25, 0.3) is 0 Å². The number of thiol groups is 2. The molecule has 44 nitrogen and oxygen atoms in total. The number of nitrogens with one attached hydrogen (secondary N) is 16. The summed E-state index contributed by atoms with van der Waals surface area (Å²) in [6.07, 6.45) is 5.04. The van der Waals surface area contributed by atoms with E-state index in [2.05, 4.69) is 110 Å². The van der Waals surface area contributed by atoms with Crippen molar-refractivity contribution >= 4 is 126 Å². The maximum Gasteiger partial charge on any atom is 0.326 e. The van der Waals surface area contributed by atoms with Crippen LogP contribution >= 0.6 is 25.3 Å². The van der Waals surface area contributed by atoms with Crippen molar-refractivity contribution in [3.63, 3.8) is 0 Å². The number of amides is 15. The summed E-state index contributed by atoms with van der Waals surface area (Å²) >= 11 is 8.56. The van der Waals surface area contributed by atoms with E-state index in [1.165, 1.54) is 29.2 Å². The number of guanidine groups is 1. The monoisotopic (exact) mass is 1880 g/mol. The van der Waals surface area contributed by atoms with Crippen molar-refractivity contribution in [2.45, 2.75) is 259 Å². The van der Waals surface area contributed by atoms with Crippen molar-refractivity contribution < 1.29 is 92.0 Å². The predicted molar refractivity (Wildman–Crippen MR) is 491 cm³/mol. The number of aliphatic carboxylic acids is 1. The number of unbranched alkanes of at least 4 members (excludes halogenated alkanes) is 4. The van der Waals surface area contributed by atoms with Gasteiger partial charge < -0.3 is 139 Å².